The summed E-state index contributed by atoms with van der Waals surface area (Å²) in [6, 6.07) is 7.99. The molecule has 1 amide bonds. The van der Waals surface area contributed by atoms with Gasteiger partial charge in [-0.2, -0.15) is 0 Å². The number of hydrogen-bond donors (Lipinski definition) is 1. The number of carbonyl (C=O) groups excluding carboxylic acids is 1. The summed E-state index contributed by atoms with van der Waals surface area (Å²) >= 11 is 10.5. The molecule has 1 atom stereocenters. The van der Waals surface area contributed by atoms with E-state index in [1.807, 2.05) is 38.1 Å². The second-order valence-electron chi connectivity index (χ2n) is 4.91. The van der Waals surface area contributed by atoms with Gasteiger partial charge in [0.05, 0.1) is 5.75 Å². The van der Waals surface area contributed by atoms with Gasteiger partial charge < -0.3 is 5.32 Å². The minimum Gasteiger partial charge on any atom is -0.353 e. The van der Waals surface area contributed by atoms with Crippen molar-refractivity contribution in [2.24, 2.45) is 0 Å². The second kappa shape index (κ2) is 9.52. The lowest BCUT2D eigenvalue weighted by atomic mass is 10.2. The molecule has 0 aliphatic carbocycles. The summed E-state index contributed by atoms with van der Waals surface area (Å²) in [6.45, 7) is 4.05. The molecule has 0 fully saturated rings. The summed E-state index contributed by atoms with van der Waals surface area (Å²) in [7, 11) is 0. The lowest BCUT2D eigenvalue weighted by Gasteiger charge is -2.09. The number of halogens is 1. The summed E-state index contributed by atoms with van der Waals surface area (Å²) in [5.41, 5.74) is 1.19. The Balaban J connectivity index is 1.77. The average molecular weight is 388 g/mol. The van der Waals surface area contributed by atoms with E-state index in [1.165, 1.54) is 28.7 Å². The summed E-state index contributed by atoms with van der Waals surface area (Å²) in [5.74, 6) is 1.24. The van der Waals surface area contributed by atoms with Gasteiger partial charge in [-0.3, -0.25) is 4.79 Å². The molecule has 0 aliphatic heterocycles. The number of hydrogen-bond acceptors (Lipinski definition) is 6. The van der Waals surface area contributed by atoms with E-state index in [0.29, 0.717) is 5.75 Å². The molecule has 1 heterocycles. The third-order valence-electron chi connectivity index (χ3n) is 3.01. The predicted octanol–water partition coefficient (Wildman–Crippen LogP) is 4.49. The zero-order chi connectivity index (χ0) is 16.7. The van der Waals surface area contributed by atoms with E-state index < -0.39 is 0 Å². The van der Waals surface area contributed by atoms with Crippen LogP contribution in [-0.4, -0.2) is 27.9 Å². The van der Waals surface area contributed by atoms with Gasteiger partial charge in [-0.25, -0.2) is 0 Å². The van der Waals surface area contributed by atoms with Crippen LogP contribution in [0.1, 0.15) is 25.8 Å². The van der Waals surface area contributed by atoms with E-state index in [2.05, 4.69) is 15.5 Å². The van der Waals surface area contributed by atoms with E-state index in [-0.39, 0.29) is 11.9 Å². The van der Waals surface area contributed by atoms with Gasteiger partial charge in [-0.1, -0.05) is 65.5 Å². The summed E-state index contributed by atoms with van der Waals surface area (Å²) in [6.07, 6.45) is 0.931. The van der Waals surface area contributed by atoms with Gasteiger partial charge in [0.25, 0.3) is 0 Å². The molecule has 1 N–H and O–H groups in total. The number of amides is 1. The largest absolute Gasteiger partial charge is 0.353 e. The quantitative estimate of drug-likeness (QED) is 0.676. The summed E-state index contributed by atoms with van der Waals surface area (Å²) in [4.78, 5) is 11.7. The Labute approximate surface area is 153 Å². The molecule has 23 heavy (non-hydrogen) atoms. The molecule has 2 aromatic rings. The van der Waals surface area contributed by atoms with E-state index in [1.54, 1.807) is 11.8 Å². The monoisotopic (exact) mass is 387 g/mol. The van der Waals surface area contributed by atoms with Gasteiger partial charge in [0, 0.05) is 16.8 Å². The first-order chi connectivity index (χ1) is 11.1. The van der Waals surface area contributed by atoms with Gasteiger partial charge in [-0.05, 0) is 31.0 Å². The van der Waals surface area contributed by atoms with Crippen LogP contribution in [0, 0.1) is 0 Å². The van der Waals surface area contributed by atoms with Crippen molar-refractivity contribution >= 4 is 52.4 Å². The average Bonchev–Trinajstić information content (AvgIpc) is 3.00. The molecule has 1 aromatic carbocycles. The predicted molar refractivity (Wildman–Crippen MR) is 99.5 cm³/mol. The number of thioether (sulfide) groups is 2. The molecule has 1 aromatic heterocycles. The molecule has 8 heteroatoms. The zero-order valence-corrected chi connectivity index (χ0v) is 16.1. The molecule has 4 nitrogen and oxygen atoms in total. The highest BCUT2D eigenvalue weighted by molar-refractivity contribution is 8.03. The Morgan fingerprint density at radius 1 is 1.26 bits per heavy atom. The van der Waals surface area contributed by atoms with Crippen LogP contribution in [0.15, 0.2) is 32.9 Å². The Bertz CT molecular complexity index is 633. The topological polar surface area (TPSA) is 54.9 Å². The Morgan fingerprint density at radius 3 is 2.57 bits per heavy atom. The fourth-order valence-electron chi connectivity index (χ4n) is 1.59. The number of aromatic nitrogens is 2. The van der Waals surface area contributed by atoms with Crippen LogP contribution < -0.4 is 5.32 Å². The lowest BCUT2D eigenvalue weighted by Crippen LogP contribution is -2.33. The lowest BCUT2D eigenvalue weighted by molar-refractivity contribution is -0.119. The SMILES string of the molecule is CC[C@H](C)NC(=O)CSc1nnc(SCc2ccc(Cl)cc2)s1. The Hall–Kier alpha value is -0.760. The normalized spacial score (nSPS) is 12.1. The smallest absolute Gasteiger partial charge is 0.230 e. The summed E-state index contributed by atoms with van der Waals surface area (Å²) in [5, 5.41) is 12.0. The third kappa shape index (κ3) is 6.71. The van der Waals surface area contributed by atoms with Gasteiger partial charge in [0.1, 0.15) is 0 Å². The molecule has 0 spiro atoms. The van der Waals surface area contributed by atoms with E-state index in [4.69, 9.17) is 11.6 Å². The maximum absolute atomic E-state index is 11.7. The molecular formula is C15H18ClN3OS3. The molecule has 0 aliphatic rings. The molecular weight excluding hydrogens is 370 g/mol. The van der Waals surface area contributed by atoms with Crippen molar-refractivity contribution in [3.8, 4) is 0 Å². The molecule has 0 bridgehead atoms. The van der Waals surface area contributed by atoms with Crippen molar-refractivity contribution in [1.82, 2.24) is 15.5 Å². The van der Waals surface area contributed by atoms with Crippen LogP contribution >= 0.6 is 46.5 Å². The minimum atomic E-state index is 0.0370. The first-order valence-electron chi connectivity index (χ1n) is 7.19. The van der Waals surface area contributed by atoms with Crippen LogP contribution in [0.2, 0.25) is 5.02 Å². The van der Waals surface area contributed by atoms with Crippen LogP contribution in [0.4, 0.5) is 0 Å². The zero-order valence-electron chi connectivity index (χ0n) is 12.9. The fraction of sp³-hybridized carbons (Fsp3) is 0.400. The summed E-state index contributed by atoms with van der Waals surface area (Å²) < 4.78 is 1.73. The van der Waals surface area contributed by atoms with Crippen LogP contribution in [0.3, 0.4) is 0 Å². The van der Waals surface area contributed by atoms with Crippen molar-refractivity contribution in [2.75, 3.05) is 5.75 Å². The number of carbonyl (C=O) groups is 1. The number of rotatable bonds is 8. The van der Waals surface area contributed by atoms with Gasteiger partial charge in [-0.15, -0.1) is 10.2 Å². The highest BCUT2D eigenvalue weighted by atomic mass is 35.5. The van der Waals surface area contributed by atoms with E-state index >= 15 is 0 Å². The molecule has 0 saturated heterocycles. The molecule has 2 rings (SSSR count). The van der Waals surface area contributed by atoms with Crippen LogP contribution in [0.25, 0.3) is 0 Å². The number of benzene rings is 1. The van der Waals surface area contributed by atoms with Crippen molar-refractivity contribution in [3.05, 3.63) is 34.9 Å². The van der Waals surface area contributed by atoms with Crippen molar-refractivity contribution in [2.45, 2.75) is 40.7 Å². The maximum atomic E-state index is 11.7. The Morgan fingerprint density at radius 2 is 1.91 bits per heavy atom. The van der Waals surface area contributed by atoms with Crippen molar-refractivity contribution < 1.29 is 4.79 Å². The first kappa shape index (κ1) is 18.6. The fourth-order valence-corrected chi connectivity index (χ4v) is 4.50. The number of nitrogens with zero attached hydrogens (tertiary/aromatic N) is 2. The molecule has 0 saturated carbocycles. The van der Waals surface area contributed by atoms with Gasteiger partial charge in [0.15, 0.2) is 8.68 Å². The van der Waals surface area contributed by atoms with Crippen molar-refractivity contribution in [1.29, 1.82) is 0 Å². The third-order valence-corrected chi connectivity index (χ3v) is 6.52. The van der Waals surface area contributed by atoms with E-state index in [0.717, 1.165) is 25.9 Å². The molecule has 0 unspecified atom stereocenters. The first-order valence-corrected chi connectivity index (χ1v) is 10.4. The van der Waals surface area contributed by atoms with Crippen LogP contribution in [-0.2, 0) is 10.5 Å². The van der Waals surface area contributed by atoms with Gasteiger partial charge >= 0.3 is 0 Å². The van der Waals surface area contributed by atoms with Crippen LogP contribution in [0.5, 0.6) is 0 Å². The van der Waals surface area contributed by atoms with Crippen molar-refractivity contribution in [3.63, 3.8) is 0 Å². The standard InChI is InChI=1S/C15H18ClN3OS3/c1-3-10(2)17-13(20)9-22-15-19-18-14(23-15)21-8-11-4-6-12(16)7-5-11/h4-7,10H,3,8-9H2,1-2H3,(H,17,20)/t10-/m0/s1. The highest BCUT2D eigenvalue weighted by Crippen LogP contribution is 2.30. The molecule has 0 radical (unpaired) electrons. The highest BCUT2D eigenvalue weighted by Gasteiger charge is 2.10. The van der Waals surface area contributed by atoms with Gasteiger partial charge in [0.2, 0.25) is 5.91 Å². The Kier molecular flexibility index (Phi) is 7.69. The minimum absolute atomic E-state index is 0.0370. The maximum Gasteiger partial charge on any atom is 0.230 e. The van der Waals surface area contributed by atoms with E-state index in [9.17, 15) is 4.79 Å². The molecule has 124 valence electrons. The second-order valence-corrected chi connectivity index (χ2v) is 8.77. The number of nitrogens with one attached hydrogen (secondary N) is 1.